The van der Waals surface area contributed by atoms with Gasteiger partial charge in [-0.05, 0) is 32.9 Å². The second-order valence-corrected chi connectivity index (χ2v) is 4.87. The zero-order valence-corrected chi connectivity index (χ0v) is 11.5. The molecule has 18 heavy (non-hydrogen) atoms. The van der Waals surface area contributed by atoms with Crippen LogP contribution in [0.3, 0.4) is 0 Å². The number of nitrogens with zero attached hydrogens (tertiary/aromatic N) is 1. The van der Waals surface area contributed by atoms with Gasteiger partial charge in [0.05, 0.1) is 5.60 Å². The summed E-state index contributed by atoms with van der Waals surface area (Å²) >= 11 is 5.74. The molecule has 0 atom stereocenters. The van der Waals surface area contributed by atoms with Gasteiger partial charge in [0.1, 0.15) is 11.0 Å². The summed E-state index contributed by atoms with van der Waals surface area (Å²) in [5.74, 6) is -0.0319. The summed E-state index contributed by atoms with van der Waals surface area (Å²) in [5.41, 5.74) is 5.51. The van der Waals surface area contributed by atoms with Crippen LogP contribution < -0.4 is 11.1 Å². The van der Waals surface area contributed by atoms with Crippen molar-refractivity contribution in [3.63, 3.8) is 0 Å². The van der Waals surface area contributed by atoms with Gasteiger partial charge in [0.2, 0.25) is 0 Å². The van der Waals surface area contributed by atoms with Crippen LogP contribution in [0, 0.1) is 0 Å². The van der Waals surface area contributed by atoms with E-state index in [4.69, 9.17) is 22.1 Å². The predicted molar refractivity (Wildman–Crippen MR) is 71.7 cm³/mol. The molecule has 1 aromatic rings. The highest BCUT2D eigenvalue weighted by Crippen LogP contribution is 2.13. The van der Waals surface area contributed by atoms with Crippen LogP contribution in [0.4, 0.5) is 5.82 Å². The van der Waals surface area contributed by atoms with Crippen molar-refractivity contribution in [3.8, 4) is 0 Å². The number of nitrogens with one attached hydrogen (secondary N) is 1. The Hall–Kier alpha value is -1.33. The number of hydrogen-bond acceptors (Lipinski definition) is 4. The van der Waals surface area contributed by atoms with E-state index in [9.17, 15) is 4.79 Å². The van der Waals surface area contributed by atoms with Crippen molar-refractivity contribution >= 4 is 23.3 Å². The first kappa shape index (κ1) is 14.7. The summed E-state index contributed by atoms with van der Waals surface area (Å²) in [5, 5.41) is 2.97. The molecule has 0 unspecified atom stereocenters. The van der Waals surface area contributed by atoms with Crippen LogP contribution in [0.15, 0.2) is 12.1 Å². The molecule has 1 amide bonds. The number of aromatic nitrogens is 1. The van der Waals surface area contributed by atoms with E-state index >= 15 is 0 Å². The first-order valence-electron chi connectivity index (χ1n) is 5.69. The topological polar surface area (TPSA) is 77.2 Å². The Labute approximate surface area is 112 Å². The molecule has 0 spiro atoms. The van der Waals surface area contributed by atoms with Crippen LogP contribution in [0.2, 0.25) is 5.15 Å². The fourth-order valence-corrected chi connectivity index (χ4v) is 1.70. The third kappa shape index (κ3) is 4.50. The number of ether oxygens (including phenoxy) is 1. The smallest absolute Gasteiger partial charge is 0.251 e. The number of amides is 1. The minimum absolute atomic E-state index is 0.198. The number of anilines is 1. The van der Waals surface area contributed by atoms with Gasteiger partial charge in [-0.1, -0.05) is 11.6 Å². The maximum atomic E-state index is 11.9. The lowest BCUT2D eigenvalue weighted by molar-refractivity contribution is -0.00815. The van der Waals surface area contributed by atoms with Crippen LogP contribution >= 0.6 is 11.6 Å². The van der Waals surface area contributed by atoms with Crippen molar-refractivity contribution < 1.29 is 9.53 Å². The summed E-state index contributed by atoms with van der Waals surface area (Å²) < 4.78 is 5.49. The molecule has 3 N–H and O–H groups in total. The zero-order chi connectivity index (χ0) is 13.8. The van der Waals surface area contributed by atoms with E-state index in [0.717, 1.165) is 0 Å². The maximum absolute atomic E-state index is 11.9. The maximum Gasteiger partial charge on any atom is 0.251 e. The molecule has 0 aliphatic carbocycles. The lowest BCUT2D eigenvalue weighted by atomic mass is 10.1. The highest BCUT2D eigenvalue weighted by molar-refractivity contribution is 6.29. The molecule has 1 rings (SSSR count). The average Bonchev–Trinajstić information content (AvgIpc) is 2.24. The Morgan fingerprint density at radius 3 is 2.78 bits per heavy atom. The van der Waals surface area contributed by atoms with Gasteiger partial charge in [0.25, 0.3) is 5.91 Å². The number of pyridine rings is 1. The van der Waals surface area contributed by atoms with Crippen molar-refractivity contribution in [3.05, 3.63) is 22.8 Å². The molecule has 100 valence electrons. The number of nitrogens with two attached hydrogens (primary N) is 1. The van der Waals surface area contributed by atoms with Gasteiger partial charge in [0.15, 0.2) is 0 Å². The molecule has 0 fully saturated rings. The molecule has 0 radical (unpaired) electrons. The van der Waals surface area contributed by atoms with Crippen molar-refractivity contribution in [2.75, 3.05) is 18.9 Å². The number of rotatable bonds is 5. The average molecular weight is 272 g/mol. The first-order valence-corrected chi connectivity index (χ1v) is 6.07. The van der Waals surface area contributed by atoms with Crippen molar-refractivity contribution in [2.45, 2.75) is 26.4 Å². The Morgan fingerprint density at radius 2 is 2.22 bits per heavy atom. The molecule has 0 aliphatic heterocycles. The largest absolute Gasteiger partial charge is 0.384 e. The second-order valence-electron chi connectivity index (χ2n) is 4.48. The van der Waals surface area contributed by atoms with Crippen LogP contribution in [0.1, 0.15) is 31.1 Å². The minimum atomic E-state index is -0.410. The monoisotopic (exact) mass is 271 g/mol. The molecular formula is C12H18ClN3O2. The summed E-state index contributed by atoms with van der Waals surface area (Å²) in [4.78, 5) is 15.7. The van der Waals surface area contributed by atoms with Gasteiger partial charge in [-0.3, -0.25) is 4.79 Å². The van der Waals surface area contributed by atoms with Gasteiger partial charge in [-0.25, -0.2) is 4.98 Å². The fourth-order valence-electron chi connectivity index (χ4n) is 1.49. The molecule has 1 heterocycles. The number of carbonyl (C=O) groups is 1. The Kier molecular flexibility index (Phi) is 4.93. The second kappa shape index (κ2) is 6.02. The SMILES string of the molecule is CCOC(C)(C)CNC(=O)c1cc(N)nc(Cl)c1. The number of hydrogen-bond donors (Lipinski definition) is 2. The van der Waals surface area contributed by atoms with Gasteiger partial charge in [-0.2, -0.15) is 0 Å². The van der Waals surface area contributed by atoms with E-state index in [1.807, 2.05) is 20.8 Å². The quantitative estimate of drug-likeness (QED) is 0.802. The van der Waals surface area contributed by atoms with E-state index < -0.39 is 5.60 Å². The third-order valence-electron chi connectivity index (χ3n) is 2.29. The minimum Gasteiger partial charge on any atom is -0.384 e. The lowest BCUT2D eigenvalue weighted by Gasteiger charge is -2.24. The fraction of sp³-hybridized carbons (Fsp3) is 0.500. The highest BCUT2D eigenvalue weighted by Gasteiger charge is 2.19. The lowest BCUT2D eigenvalue weighted by Crippen LogP contribution is -2.40. The molecule has 0 saturated carbocycles. The number of halogens is 1. The van der Waals surface area contributed by atoms with E-state index in [2.05, 4.69) is 10.3 Å². The van der Waals surface area contributed by atoms with Gasteiger partial charge < -0.3 is 15.8 Å². The predicted octanol–water partition coefficient (Wildman–Crippen LogP) is 1.86. The van der Waals surface area contributed by atoms with Gasteiger partial charge in [0, 0.05) is 18.7 Å². The molecular weight excluding hydrogens is 254 g/mol. The Balaban J connectivity index is 2.66. The van der Waals surface area contributed by atoms with E-state index in [0.29, 0.717) is 18.7 Å². The van der Waals surface area contributed by atoms with Crippen molar-refractivity contribution in [1.82, 2.24) is 10.3 Å². The van der Waals surface area contributed by atoms with Crippen molar-refractivity contribution in [1.29, 1.82) is 0 Å². The molecule has 1 aromatic heterocycles. The summed E-state index contributed by atoms with van der Waals surface area (Å²) in [6.45, 7) is 6.72. The molecule has 0 bridgehead atoms. The first-order chi connectivity index (χ1) is 8.34. The van der Waals surface area contributed by atoms with Crippen LogP contribution in [-0.2, 0) is 4.74 Å². The summed E-state index contributed by atoms with van der Waals surface area (Å²) in [6.07, 6.45) is 0. The molecule has 6 heteroatoms. The Morgan fingerprint density at radius 1 is 1.56 bits per heavy atom. The number of nitrogen functional groups attached to an aromatic ring is 1. The van der Waals surface area contributed by atoms with E-state index in [1.165, 1.54) is 12.1 Å². The van der Waals surface area contributed by atoms with Gasteiger partial charge >= 0.3 is 0 Å². The number of carbonyl (C=O) groups excluding carboxylic acids is 1. The van der Waals surface area contributed by atoms with Crippen LogP contribution in [0.25, 0.3) is 0 Å². The molecule has 0 aliphatic rings. The van der Waals surface area contributed by atoms with Gasteiger partial charge in [-0.15, -0.1) is 0 Å². The standard InChI is InChI=1S/C12H18ClN3O2/c1-4-18-12(2,3)7-15-11(17)8-5-9(13)16-10(14)6-8/h5-6H,4,7H2,1-3H3,(H2,14,16)(H,15,17). The molecule has 0 aromatic carbocycles. The Bertz CT molecular complexity index is 415. The zero-order valence-electron chi connectivity index (χ0n) is 10.8. The highest BCUT2D eigenvalue weighted by atomic mass is 35.5. The normalized spacial score (nSPS) is 11.3. The molecule has 5 nitrogen and oxygen atoms in total. The van der Waals surface area contributed by atoms with Crippen LogP contribution in [-0.4, -0.2) is 29.6 Å². The summed E-state index contributed by atoms with van der Waals surface area (Å²) in [7, 11) is 0. The van der Waals surface area contributed by atoms with Crippen LogP contribution in [0.5, 0.6) is 0 Å². The van der Waals surface area contributed by atoms with E-state index in [1.54, 1.807) is 0 Å². The van der Waals surface area contributed by atoms with E-state index in [-0.39, 0.29) is 16.9 Å². The summed E-state index contributed by atoms with van der Waals surface area (Å²) in [6, 6.07) is 2.95. The third-order valence-corrected chi connectivity index (χ3v) is 2.48. The molecule has 0 saturated heterocycles. The van der Waals surface area contributed by atoms with Crippen molar-refractivity contribution in [2.24, 2.45) is 0 Å².